The van der Waals surface area contributed by atoms with Gasteiger partial charge in [-0.05, 0) is 37.0 Å². The molecule has 0 atom stereocenters. The number of rotatable bonds is 2. The number of fused-ring (bicyclic) bond motifs is 1. The summed E-state index contributed by atoms with van der Waals surface area (Å²) in [5.41, 5.74) is 5.61. The van der Waals surface area contributed by atoms with Crippen LogP contribution in [0.4, 0.5) is 0 Å². The van der Waals surface area contributed by atoms with E-state index in [1.54, 1.807) is 0 Å². The summed E-state index contributed by atoms with van der Waals surface area (Å²) in [5.74, 6) is 0. The van der Waals surface area contributed by atoms with Crippen LogP contribution in [0.2, 0.25) is 0 Å². The Morgan fingerprint density at radius 3 is 2.27 bits per heavy atom. The molecule has 1 fully saturated rings. The lowest BCUT2D eigenvalue weighted by Crippen LogP contribution is -2.13. The number of nitrogens with zero attached hydrogens (tertiary/aromatic N) is 1. The second kappa shape index (κ2) is 5.64. The van der Waals surface area contributed by atoms with Crippen LogP contribution >= 0.6 is 0 Å². The van der Waals surface area contributed by atoms with Crippen molar-refractivity contribution in [2.75, 3.05) is 0 Å². The van der Waals surface area contributed by atoms with E-state index in [2.05, 4.69) is 66.1 Å². The van der Waals surface area contributed by atoms with Gasteiger partial charge in [-0.2, -0.15) is 0 Å². The predicted octanol–water partition coefficient (Wildman–Crippen LogP) is 6.12. The van der Waals surface area contributed by atoms with E-state index < -0.39 is 0 Å². The van der Waals surface area contributed by atoms with E-state index in [1.807, 2.05) is 0 Å². The zero-order valence-corrected chi connectivity index (χ0v) is 13.3. The molecule has 3 aromatic rings. The van der Waals surface area contributed by atoms with Crippen LogP contribution in [0.15, 0.2) is 54.6 Å². The van der Waals surface area contributed by atoms with E-state index in [4.69, 9.17) is 0 Å². The molecule has 1 saturated carbocycles. The molecule has 4 rings (SSSR count). The fourth-order valence-electron chi connectivity index (χ4n) is 4.10. The van der Waals surface area contributed by atoms with Crippen molar-refractivity contribution in [3.63, 3.8) is 0 Å². The van der Waals surface area contributed by atoms with E-state index >= 15 is 0 Å². The van der Waals surface area contributed by atoms with Gasteiger partial charge in [0.1, 0.15) is 0 Å². The standard InChI is InChI=1S/C21H23N/c1-16-19-14-8-9-15-20(19)22(18-12-6-3-7-13-18)21(16)17-10-4-2-5-11-17/h2,4-5,8-11,14-15,18H,3,6-7,12-13H2,1H3. The van der Waals surface area contributed by atoms with Gasteiger partial charge in [-0.1, -0.05) is 67.8 Å². The third-order valence-corrected chi connectivity index (χ3v) is 5.15. The first-order valence-electron chi connectivity index (χ1n) is 8.51. The fraction of sp³-hybridized carbons (Fsp3) is 0.333. The summed E-state index contributed by atoms with van der Waals surface area (Å²) in [7, 11) is 0. The molecular formula is C21H23N. The summed E-state index contributed by atoms with van der Waals surface area (Å²) in [6.45, 7) is 2.28. The van der Waals surface area contributed by atoms with Gasteiger partial charge < -0.3 is 4.57 Å². The molecule has 1 nitrogen and oxygen atoms in total. The van der Waals surface area contributed by atoms with Gasteiger partial charge in [-0.15, -0.1) is 0 Å². The normalized spacial score (nSPS) is 16.2. The van der Waals surface area contributed by atoms with Crippen LogP contribution in [0, 0.1) is 6.92 Å². The number of benzene rings is 2. The van der Waals surface area contributed by atoms with Gasteiger partial charge in [-0.25, -0.2) is 0 Å². The van der Waals surface area contributed by atoms with Crippen LogP contribution in [-0.2, 0) is 0 Å². The van der Waals surface area contributed by atoms with Crippen LogP contribution in [0.25, 0.3) is 22.2 Å². The molecule has 0 unspecified atom stereocenters. The highest BCUT2D eigenvalue weighted by Gasteiger charge is 2.23. The lowest BCUT2D eigenvalue weighted by atomic mass is 9.94. The molecule has 22 heavy (non-hydrogen) atoms. The first-order chi connectivity index (χ1) is 10.9. The van der Waals surface area contributed by atoms with Crippen molar-refractivity contribution < 1.29 is 0 Å². The van der Waals surface area contributed by atoms with E-state index in [1.165, 1.54) is 59.8 Å². The minimum atomic E-state index is 0.655. The maximum Gasteiger partial charge on any atom is 0.0523 e. The lowest BCUT2D eigenvalue weighted by molar-refractivity contribution is 0.363. The topological polar surface area (TPSA) is 4.93 Å². The second-order valence-electron chi connectivity index (χ2n) is 6.52. The highest BCUT2D eigenvalue weighted by molar-refractivity contribution is 5.91. The molecule has 1 heterocycles. The minimum absolute atomic E-state index is 0.655. The van der Waals surface area contributed by atoms with Gasteiger partial charge in [0.25, 0.3) is 0 Å². The van der Waals surface area contributed by atoms with Crippen LogP contribution < -0.4 is 0 Å². The Bertz CT molecular complexity index is 776. The molecule has 1 aromatic heterocycles. The van der Waals surface area contributed by atoms with Gasteiger partial charge in [0, 0.05) is 16.9 Å². The van der Waals surface area contributed by atoms with Crippen molar-refractivity contribution in [2.24, 2.45) is 0 Å². The third-order valence-electron chi connectivity index (χ3n) is 5.15. The molecule has 0 amide bonds. The van der Waals surface area contributed by atoms with E-state index in [-0.39, 0.29) is 0 Å². The predicted molar refractivity (Wildman–Crippen MR) is 94.2 cm³/mol. The number of para-hydroxylation sites is 1. The summed E-state index contributed by atoms with van der Waals surface area (Å²) in [4.78, 5) is 0. The van der Waals surface area contributed by atoms with Crippen molar-refractivity contribution in [2.45, 2.75) is 45.1 Å². The van der Waals surface area contributed by atoms with Crippen LogP contribution in [0.5, 0.6) is 0 Å². The minimum Gasteiger partial charge on any atom is -0.337 e. The molecule has 2 aromatic carbocycles. The van der Waals surface area contributed by atoms with Crippen molar-refractivity contribution >= 4 is 10.9 Å². The molecule has 1 aliphatic carbocycles. The molecular weight excluding hydrogens is 266 g/mol. The van der Waals surface area contributed by atoms with Crippen LogP contribution in [0.1, 0.15) is 43.7 Å². The van der Waals surface area contributed by atoms with Crippen molar-refractivity contribution in [1.82, 2.24) is 4.57 Å². The van der Waals surface area contributed by atoms with Crippen molar-refractivity contribution in [1.29, 1.82) is 0 Å². The average Bonchev–Trinajstić information content (AvgIpc) is 2.90. The Morgan fingerprint density at radius 2 is 1.50 bits per heavy atom. The monoisotopic (exact) mass is 289 g/mol. The van der Waals surface area contributed by atoms with Gasteiger partial charge in [0.05, 0.1) is 5.69 Å². The molecule has 1 aliphatic rings. The fourth-order valence-corrected chi connectivity index (χ4v) is 4.10. The Hall–Kier alpha value is -2.02. The number of aryl methyl sites for hydroxylation is 1. The van der Waals surface area contributed by atoms with E-state index in [0.29, 0.717) is 6.04 Å². The molecule has 0 saturated heterocycles. The second-order valence-corrected chi connectivity index (χ2v) is 6.52. The van der Waals surface area contributed by atoms with E-state index in [0.717, 1.165) is 0 Å². The lowest BCUT2D eigenvalue weighted by Gasteiger charge is -2.27. The number of hydrogen-bond acceptors (Lipinski definition) is 0. The van der Waals surface area contributed by atoms with E-state index in [9.17, 15) is 0 Å². The Morgan fingerprint density at radius 1 is 0.818 bits per heavy atom. The zero-order valence-electron chi connectivity index (χ0n) is 13.3. The number of aromatic nitrogens is 1. The van der Waals surface area contributed by atoms with Gasteiger partial charge in [0.2, 0.25) is 0 Å². The Labute approximate surface area is 132 Å². The molecule has 0 spiro atoms. The molecule has 0 aliphatic heterocycles. The Kier molecular flexibility index (Phi) is 3.49. The maximum absolute atomic E-state index is 2.64. The first kappa shape index (κ1) is 13.6. The third kappa shape index (κ3) is 2.16. The highest BCUT2D eigenvalue weighted by Crippen LogP contribution is 2.40. The number of hydrogen-bond donors (Lipinski definition) is 0. The highest BCUT2D eigenvalue weighted by atomic mass is 15.0. The summed E-state index contributed by atoms with van der Waals surface area (Å²) in [6, 6.07) is 20.5. The molecule has 112 valence electrons. The molecule has 1 heteroatoms. The molecule has 0 N–H and O–H groups in total. The summed E-state index contributed by atoms with van der Waals surface area (Å²) < 4.78 is 2.64. The van der Waals surface area contributed by atoms with Crippen LogP contribution in [-0.4, -0.2) is 4.57 Å². The SMILES string of the molecule is Cc1c(-c2ccccc2)n(C2CCCCC2)c2ccccc12. The maximum atomic E-state index is 2.64. The van der Waals surface area contributed by atoms with Crippen molar-refractivity contribution in [3.05, 3.63) is 60.2 Å². The van der Waals surface area contributed by atoms with Gasteiger partial charge in [-0.3, -0.25) is 0 Å². The smallest absolute Gasteiger partial charge is 0.0523 e. The van der Waals surface area contributed by atoms with Gasteiger partial charge >= 0.3 is 0 Å². The summed E-state index contributed by atoms with van der Waals surface area (Å²) >= 11 is 0. The Balaban J connectivity index is 1.99. The van der Waals surface area contributed by atoms with Crippen molar-refractivity contribution in [3.8, 4) is 11.3 Å². The molecule has 0 bridgehead atoms. The summed E-state index contributed by atoms with van der Waals surface area (Å²) in [5, 5.41) is 1.41. The summed E-state index contributed by atoms with van der Waals surface area (Å²) in [6.07, 6.45) is 6.76. The quantitative estimate of drug-likeness (QED) is 0.535. The zero-order chi connectivity index (χ0) is 14.9. The largest absolute Gasteiger partial charge is 0.337 e. The first-order valence-corrected chi connectivity index (χ1v) is 8.51. The van der Waals surface area contributed by atoms with Gasteiger partial charge in [0.15, 0.2) is 0 Å². The van der Waals surface area contributed by atoms with Crippen LogP contribution in [0.3, 0.4) is 0 Å². The molecule has 0 radical (unpaired) electrons. The average molecular weight is 289 g/mol.